The number of hydrogen-bond acceptors (Lipinski definition) is 3. The van der Waals surface area contributed by atoms with Crippen molar-refractivity contribution in [3.05, 3.63) is 109 Å². The van der Waals surface area contributed by atoms with Crippen LogP contribution >= 0.6 is 0 Å². The molecule has 2 heterocycles. The summed E-state index contributed by atoms with van der Waals surface area (Å²) in [5.74, 6) is -2.05. The smallest absolute Gasteiger partial charge is 0.239 e. The molecule has 0 amide bonds. The molecule has 0 spiro atoms. The predicted octanol–water partition coefficient (Wildman–Crippen LogP) is 9.70. The van der Waals surface area contributed by atoms with E-state index in [4.69, 9.17) is 0 Å². The summed E-state index contributed by atoms with van der Waals surface area (Å²) in [6.07, 6.45) is 0. The number of ketones is 2. The number of fused-ring (bicyclic) bond motifs is 5. The minimum absolute atomic E-state index is 0.0763. The third-order valence-electron chi connectivity index (χ3n) is 12.6. The van der Waals surface area contributed by atoms with Gasteiger partial charge < -0.3 is 10.1 Å². The van der Waals surface area contributed by atoms with E-state index in [-0.39, 0.29) is 32.8 Å². The monoisotopic (exact) mass is 740 g/mol. The van der Waals surface area contributed by atoms with Gasteiger partial charge in [0.2, 0.25) is 16.9 Å². The first-order chi connectivity index (χ1) is 25.9. The molecule has 2 N–H and O–H groups in total. The van der Waals surface area contributed by atoms with E-state index >= 15 is 5.11 Å². The van der Waals surface area contributed by atoms with Crippen molar-refractivity contribution in [2.45, 2.75) is 119 Å². The summed E-state index contributed by atoms with van der Waals surface area (Å²) in [6, 6.07) is 18.1. The van der Waals surface area contributed by atoms with Crippen LogP contribution in [0.5, 0.6) is 0 Å². The van der Waals surface area contributed by atoms with Crippen molar-refractivity contribution in [3.63, 3.8) is 0 Å². The number of H-pyrrole nitrogens is 2. The van der Waals surface area contributed by atoms with Crippen molar-refractivity contribution in [2.75, 3.05) is 0 Å². The van der Waals surface area contributed by atoms with Gasteiger partial charge in [-0.2, -0.15) is 0 Å². The Bertz CT molecular complexity index is 3090. The molecule has 5 heteroatoms. The Morgan fingerprint density at radius 2 is 0.964 bits per heavy atom. The van der Waals surface area contributed by atoms with Gasteiger partial charge in [0, 0.05) is 29.3 Å². The Morgan fingerprint density at radius 1 is 0.536 bits per heavy atom. The third kappa shape index (κ3) is 4.88. The molecule has 5 aromatic rings. The number of Topliss-reactive ketones (excluding diaryl/α,β-unsaturated/α-hetero) is 2. The van der Waals surface area contributed by atoms with Crippen LogP contribution in [-0.4, -0.2) is 16.6 Å². The van der Waals surface area contributed by atoms with Gasteiger partial charge >= 0.3 is 0 Å². The van der Waals surface area contributed by atoms with Crippen molar-refractivity contribution in [3.8, 4) is 22.3 Å². The summed E-state index contributed by atoms with van der Waals surface area (Å²) in [7, 11) is 0. The van der Waals surface area contributed by atoms with Gasteiger partial charge in [-0.15, -0.1) is 0 Å². The molecule has 1 aliphatic heterocycles. The van der Waals surface area contributed by atoms with E-state index < -0.39 is 17.3 Å². The first-order valence-corrected chi connectivity index (χ1v) is 20.0. The maximum absolute atomic E-state index is 15.0. The number of nitrogens with one attached hydrogen (secondary N) is 2. The Balaban J connectivity index is 1.39. The fourth-order valence-corrected chi connectivity index (χ4v) is 9.40. The molecule has 1 aromatic heterocycles. The van der Waals surface area contributed by atoms with Crippen LogP contribution < -0.4 is 15.4 Å². The summed E-state index contributed by atoms with van der Waals surface area (Å²) < 4.78 is 0. The van der Waals surface area contributed by atoms with E-state index in [1.807, 2.05) is 13.8 Å². The van der Waals surface area contributed by atoms with Crippen molar-refractivity contribution in [2.24, 2.45) is 0 Å². The second-order valence-electron chi connectivity index (χ2n) is 20.8. The molecule has 3 aliphatic carbocycles. The van der Waals surface area contributed by atoms with Crippen molar-refractivity contribution in [1.82, 2.24) is 4.98 Å². The highest BCUT2D eigenvalue weighted by Crippen LogP contribution is 2.54. The average molecular weight is 741 g/mol. The van der Waals surface area contributed by atoms with E-state index in [1.54, 1.807) is 0 Å². The molecule has 0 atom stereocenters. The zero-order chi connectivity index (χ0) is 40.5. The number of aromatic amines is 2. The fourth-order valence-electron chi connectivity index (χ4n) is 9.40. The van der Waals surface area contributed by atoms with Crippen LogP contribution in [0.4, 0.5) is 0 Å². The van der Waals surface area contributed by atoms with E-state index in [2.05, 4.69) is 142 Å². The van der Waals surface area contributed by atoms with Gasteiger partial charge in [0.15, 0.2) is 5.69 Å². The lowest BCUT2D eigenvalue weighted by Gasteiger charge is -2.23. The van der Waals surface area contributed by atoms with E-state index in [0.29, 0.717) is 11.0 Å². The highest BCUT2D eigenvalue weighted by Gasteiger charge is 2.41. The minimum Gasteiger partial charge on any atom is -0.871 e. The minimum atomic E-state index is -0.760. The van der Waals surface area contributed by atoms with Gasteiger partial charge in [-0.05, 0) is 119 Å². The highest BCUT2D eigenvalue weighted by atomic mass is 16.3. The Morgan fingerprint density at radius 3 is 1.46 bits per heavy atom. The molecule has 0 radical (unpaired) electrons. The number of rotatable bonds is 1. The zero-order valence-electron chi connectivity index (χ0n) is 35.3. The van der Waals surface area contributed by atoms with E-state index in [1.165, 1.54) is 22.3 Å². The van der Waals surface area contributed by atoms with Crippen LogP contribution in [0.2, 0.25) is 0 Å². The predicted molar refractivity (Wildman–Crippen MR) is 227 cm³/mol. The SMILES string of the molecule is Cc1[nH]c(C2=C([O-])/C(=c3/[nH+]c(C)c4c5cc(C(C)(C)C)cc6cc(C(C)(C)C)cc(c3=4)c65)C(=O)C2=O)c2c1-c1cc(C(C)(C)C)cc3cc(C(C)(C)C)cc-2c13. The molecule has 5 nitrogen and oxygen atoms in total. The summed E-state index contributed by atoms with van der Waals surface area (Å²) in [4.78, 5) is 35.8. The van der Waals surface area contributed by atoms with Crippen molar-refractivity contribution < 1.29 is 19.7 Å². The van der Waals surface area contributed by atoms with Crippen molar-refractivity contribution in [1.29, 1.82) is 0 Å². The number of benzene rings is 4. The molecule has 9 rings (SSSR count). The summed E-state index contributed by atoms with van der Waals surface area (Å²) >= 11 is 0. The van der Waals surface area contributed by atoms with Crippen LogP contribution in [0.15, 0.2) is 54.3 Å². The highest BCUT2D eigenvalue weighted by molar-refractivity contribution is 6.70. The van der Waals surface area contributed by atoms with Crippen LogP contribution in [0.1, 0.15) is 122 Å². The van der Waals surface area contributed by atoms with Crippen LogP contribution in [0, 0.1) is 24.3 Å². The summed E-state index contributed by atoms with van der Waals surface area (Å²) in [5.41, 5.74) is 10.2. The standard InChI is InChI=1S/C51H52N2O3/c1-23-35-31-19-27(48(3,4)5)15-25-17-29(50(9,10)11)21-33(37(25)31)39(35)43(52-23)41-45(54)42(47(56)46(41)55)44-40-34-22-30(51(12,13)14)18-26-16-28(49(6,7)8)20-32(38(26)34)36(40)24(2)53-44/h15-22,52,54H,1-14H3/b44-42-. The Kier molecular flexibility index (Phi) is 7.12. The van der Waals surface area contributed by atoms with Crippen LogP contribution in [0.3, 0.4) is 0 Å². The normalized spacial score (nSPS) is 16.3. The lowest BCUT2D eigenvalue weighted by Crippen LogP contribution is -2.32. The molecule has 284 valence electrons. The van der Waals surface area contributed by atoms with Gasteiger partial charge in [0.05, 0.1) is 21.7 Å². The molecule has 4 aromatic carbocycles. The fraction of sp³-hybridized carbons (Fsp3) is 0.353. The largest absolute Gasteiger partial charge is 0.871 e. The van der Waals surface area contributed by atoms with E-state index in [0.717, 1.165) is 76.4 Å². The summed E-state index contributed by atoms with van der Waals surface area (Å²) in [5, 5.41) is 23.9. The maximum atomic E-state index is 15.0. The topological polar surface area (TPSA) is 87.1 Å². The lowest BCUT2D eigenvalue weighted by molar-refractivity contribution is -0.401. The molecular formula is C51H52N2O3. The first kappa shape index (κ1) is 36.4. The average Bonchev–Trinajstić information content (AvgIpc) is 3.84. The second kappa shape index (κ2) is 11.0. The number of hydrogen-bond donors (Lipinski definition) is 1. The second-order valence-corrected chi connectivity index (χ2v) is 20.8. The molecule has 0 unspecified atom stereocenters. The van der Waals surface area contributed by atoms with E-state index in [9.17, 15) is 9.59 Å². The molecule has 4 aliphatic rings. The molecular weight excluding hydrogens is 689 g/mol. The number of allylic oxidation sites excluding steroid dienone is 2. The first-order valence-electron chi connectivity index (χ1n) is 20.0. The quantitative estimate of drug-likeness (QED) is 0.170. The van der Waals surface area contributed by atoms with Gasteiger partial charge in [-0.25, -0.2) is 4.98 Å². The third-order valence-corrected chi connectivity index (χ3v) is 12.6. The zero-order valence-corrected chi connectivity index (χ0v) is 35.3. The molecule has 0 saturated heterocycles. The van der Waals surface area contributed by atoms with Crippen molar-refractivity contribution >= 4 is 55.0 Å². The lowest BCUT2D eigenvalue weighted by atomic mass is 9.81. The summed E-state index contributed by atoms with van der Waals surface area (Å²) in [6.45, 7) is 30.6. The number of carbonyl (C=O) groups is 2. The molecule has 0 fully saturated rings. The molecule has 0 bridgehead atoms. The van der Waals surface area contributed by atoms with Gasteiger partial charge in [-0.1, -0.05) is 113 Å². The maximum Gasteiger partial charge on any atom is 0.239 e. The van der Waals surface area contributed by atoms with Gasteiger partial charge in [0.1, 0.15) is 0 Å². The number of aromatic nitrogens is 2. The van der Waals surface area contributed by atoms with Crippen LogP contribution in [-0.2, 0) is 31.2 Å². The van der Waals surface area contributed by atoms with Gasteiger partial charge in [0.25, 0.3) is 0 Å². The Hall–Kier alpha value is -5.29. The number of carbonyl (C=O) groups excluding carboxylic acids is 2. The Labute approximate surface area is 328 Å². The number of aryl methyl sites for hydroxylation is 2. The molecule has 56 heavy (non-hydrogen) atoms. The van der Waals surface area contributed by atoms with Gasteiger partial charge in [-0.3, -0.25) is 9.59 Å². The van der Waals surface area contributed by atoms with Crippen LogP contribution in [0.25, 0.3) is 65.7 Å². The molecule has 0 saturated carbocycles.